The molecule has 1 atom stereocenters. The molecule has 0 saturated heterocycles. The van der Waals surface area contributed by atoms with Gasteiger partial charge in [0.15, 0.2) is 6.26 Å². The van der Waals surface area contributed by atoms with Crippen LogP contribution < -0.4 is 18.9 Å². The number of ether oxygens (including phenoxy) is 7. The number of hydrogen-bond donors (Lipinski definition) is 1. The lowest BCUT2D eigenvalue weighted by Crippen LogP contribution is -2.17. The summed E-state index contributed by atoms with van der Waals surface area (Å²) in [6, 6.07) is 28.9. The van der Waals surface area contributed by atoms with E-state index in [-0.39, 0.29) is 34.5 Å². The van der Waals surface area contributed by atoms with Crippen LogP contribution in [0.4, 0.5) is 0 Å². The molecule has 6 rings (SSSR count). The van der Waals surface area contributed by atoms with Gasteiger partial charge in [-0.25, -0.2) is 9.59 Å². The third kappa shape index (κ3) is 8.12. The number of carbonyl (C=O) groups excluding carboxylic acids is 1. The van der Waals surface area contributed by atoms with E-state index in [4.69, 9.17) is 33.2 Å². The summed E-state index contributed by atoms with van der Waals surface area (Å²) in [5.41, 5.74) is 7.99. The Kier molecular flexibility index (Phi) is 12.4. The first kappa shape index (κ1) is 40.2. The fourth-order valence-corrected chi connectivity index (χ4v) is 7.45. The number of esters is 1. The second-order valence-electron chi connectivity index (χ2n) is 13.9. The van der Waals surface area contributed by atoms with Gasteiger partial charge in [0.2, 0.25) is 0 Å². The summed E-state index contributed by atoms with van der Waals surface area (Å²) in [5.74, 6) is -0.205. The molecule has 57 heavy (non-hydrogen) atoms. The van der Waals surface area contributed by atoms with Crippen LogP contribution in [0, 0.1) is 41.5 Å². The van der Waals surface area contributed by atoms with Crippen LogP contribution in [0.2, 0.25) is 0 Å². The maximum atomic E-state index is 13.8. The standard InChI is InChI=1S/C47H48O10/c1-27-30(4)42(32(6)43(51-7)38(27)45(48)49)57-46(50)39-28(2)29(3)41(31(5)44(39)52-8)54-25-17-24-53-37-26-55-47(56-37)36-23-16-15-22-35(36)40(33-18-11-9-12-19-33)34-20-13-10-14-21-34/h9-16,18-23,26,40,47H,17,24-25H2,1-8H3,(H,48,49). The van der Waals surface area contributed by atoms with Gasteiger partial charge in [-0.3, -0.25) is 0 Å². The first-order valence-electron chi connectivity index (χ1n) is 18.8. The molecule has 0 amide bonds. The Bertz CT molecular complexity index is 2260. The minimum absolute atomic E-state index is 0.0218. The Balaban J connectivity index is 1.10. The largest absolute Gasteiger partial charge is 0.495 e. The zero-order valence-electron chi connectivity index (χ0n) is 33.6. The molecule has 1 heterocycles. The maximum absolute atomic E-state index is 13.8. The molecule has 0 radical (unpaired) electrons. The van der Waals surface area contributed by atoms with E-state index in [2.05, 4.69) is 30.3 Å². The highest BCUT2D eigenvalue weighted by atomic mass is 16.8. The van der Waals surface area contributed by atoms with Gasteiger partial charge in [-0.2, -0.15) is 0 Å². The Morgan fingerprint density at radius 1 is 0.632 bits per heavy atom. The molecule has 1 aliphatic heterocycles. The van der Waals surface area contributed by atoms with E-state index in [1.54, 1.807) is 20.8 Å². The van der Waals surface area contributed by atoms with Gasteiger partial charge in [0.05, 0.1) is 27.4 Å². The summed E-state index contributed by atoms with van der Waals surface area (Å²) in [4.78, 5) is 25.8. The van der Waals surface area contributed by atoms with E-state index in [0.717, 1.165) is 27.8 Å². The van der Waals surface area contributed by atoms with Crippen molar-refractivity contribution in [2.75, 3.05) is 27.4 Å². The van der Waals surface area contributed by atoms with Crippen molar-refractivity contribution in [1.29, 1.82) is 0 Å². The van der Waals surface area contributed by atoms with Crippen LogP contribution in [0.5, 0.6) is 23.0 Å². The van der Waals surface area contributed by atoms with Gasteiger partial charge in [-0.1, -0.05) is 84.9 Å². The number of methoxy groups -OCH3 is 2. The number of aromatic carboxylic acids is 1. The van der Waals surface area contributed by atoms with Crippen molar-refractivity contribution in [3.63, 3.8) is 0 Å². The lowest BCUT2D eigenvalue weighted by Gasteiger charge is -2.24. The smallest absolute Gasteiger partial charge is 0.347 e. The number of carbonyl (C=O) groups is 2. The highest BCUT2D eigenvalue weighted by molar-refractivity contribution is 5.99. The van der Waals surface area contributed by atoms with Gasteiger partial charge in [0, 0.05) is 29.0 Å². The van der Waals surface area contributed by atoms with Crippen LogP contribution in [0.1, 0.15) is 95.0 Å². The van der Waals surface area contributed by atoms with Crippen molar-refractivity contribution in [2.24, 2.45) is 0 Å². The van der Waals surface area contributed by atoms with E-state index < -0.39 is 18.2 Å². The van der Waals surface area contributed by atoms with Crippen LogP contribution in [-0.4, -0.2) is 44.5 Å². The summed E-state index contributed by atoms with van der Waals surface area (Å²) >= 11 is 0. The van der Waals surface area contributed by atoms with Gasteiger partial charge < -0.3 is 38.3 Å². The molecule has 10 heteroatoms. The molecule has 0 aliphatic carbocycles. The van der Waals surface area contributed by atoms with Gasteiger partial charge in [0.1, 0.15) is 34.1 Å². The fourth-order valence-electron chi connectivity index (χ4n) is 7.45. The van der Waals surface area contributed by atoms with Crippen LogP contribution in [-0.2, 0) is 14.2 Å². The number of carboxylic acid groups (broad SMARTS) is 1. The number of hydrogen-bond acceptors (Lipinski definition) is 9. The van der Waals surface area contributed by atoms with E-state index in [0.29, 0.717) is 59.0 Å². The third-order valence-electron chi connectivity index (χ3n) is 10.5. The Morgan fingerprint density at radius 2 is 1.16 bits per heavy atom. The molecule has 0 saturated carbocycles. The zero-order valence-corrected chi connectivity index (χ0v) is 33.6. The molecule has 0 fully saturated rings. The zero-order chi connectivity index (χ0) is 40.8. The Labute approximate surface area is 333 Å². The first-order valence-corrected chi connectivity index (χ1v) is 18.8. The van der Waals surface area contributed by atoms with E-state index in [1.165, 1.54) is 20.5 Å². The summed E-state index contributed by atoms with van der Waals surface area (Å²) in [6.45, 7) is 11.2. The predicted molar refractivity (Wildman–Crippen MR) is 216 cm³/mol. The molecule has 0 bridgehead atoms. The van der Waals surface area contributed by atoms with E-state index in [1.807, 2.05) is 75.4 Å². The molecule has 0 spiro atoms. The average Bonchev–Trinajstić information content (AvgIpc) is 3.69. The molecule has 1 aliphatic rings. The average molecular weight is 773 g/mol. The van der Waals surface area contributed by atoms with Crippen LogP contribution in [0.15, 0.2) is 97.1 Å². The van der Waals surface area contributed by atoms with Crippen LogP contribution in [0.3, 0.4) is 0 Å². The third-order valence-corrected chi connectivity index (χ3v) is 10.5. The predicted octanol–water partition coefficient (Wildman–Crippen LogP) is 9.98. The first-order chi connectivity index (χ1) is 27.5. The molecule has 5 aromatic carbocycles. The summed E-state index contributed by atoms with van der Waals surface area (Å²) in [5, 5.41) is 9.81. The van der Waals surface area contributed by atoms with Crippen LogP contribution in [0.25, 0.3) is 0 Å². The molecule has 0 aromatic heterocycles. The summed E-state index contributed by atoms with van der Waals surface area (Å²) in [7, 11) is 2.88. The minimum Gasteiger partial charge on any atom is -0.495 e. The van der Waals surface area contributed by atoms with Crippen LogP contribution >= 0.6 is 0 Å². The van der Waals surface area contributed by atoms with Crippen molar-refractivity contribution < 1.29 is 47.9 Å². The fraction of sp³-hybridized carbons (Fsp3) is 0.277. The molecule has 10 nitrogen and oxygen atoms in total. The molecule has 1 N–H and O–H groups in total. The van der Waals surface area contributed by atoms with E-state index in [9.17, 15) is 14.7 Å². The quantitative estimate of drug-likeness (QED) is 0.0477. The highest BCUT2D eigenvalue weighted by Crippen LogP contribution is 2.43. The monoisotopic (exact) mass is 772 g/mol. The minimum atomic E-state index is -1.13. The molecule has 296 valence electrons. The van der Waals surface area contributed by atoms with Gasteiger partial charge in [0.25, 0.3) is 6.29 Å². The molecule has 5 aromatic rings. The van der Waals surface area contributed by atoms with Gasteiger partial charge >= 0.3 is 17.9 Å². The number of benzene rings is 5. The SMILES string of the molecule is COc1c(C)c(OC(=O)c2c(C)c(C)c(OCCCOC3=COC(c4ccccc4C(c4ccccc4)c4ccccc4)O3)c(C)c2OC)c(C)c(C)c1C(=O)O. The normalized spacial score (nSPS) is 13.4. The summed E-state index contributed by atoms with van der Waals surface area (Å²) in [6.07, 6.45) is 1.36. The molecular formula is C47H48O10. The lowest BCUT2D eigenvalue weighted by atomic mass is 9.83. The van der Waals surface area contributed by atoms with E-state index >= 15 is 0 Å². The summed E-state index contributed by atoms with van der Waals surface area (Å²) < 4.78 is 41.6. The maximum Gasteiger partial charge on any atom is 0.347 e. The van der Waals surface area contributed by atoms with Gasteiger partial charge in [-0.15, -0.1) is 0 Å². The number of carboxylic acids is 1. The van der Waals surface area contributed by atoms with Crippen molar-refractivity contribution in [3.8, 4) is 23.0 Å². The highest BCUT2D eigenvalue weighted by Gasteiger charge is 2.31. The van der Waals surface area contributed by atoms with Crippen molar-refractivity contribution in [1.82, 2.24) is 0 Å². The lowest BCUT2D eigenvalue weighted by molar-refractivity contribution is -0.0748. The van der Waals surface area contributed by atoms with Crippen molar-refractivity contribution in [2.45, 2.75) is 60.2 Å². The molecular weight excluding hydrogens is 725 g/mol. The second-order valence-corrected chi connectivity index (χ2v) is 13.9. The molecule has 1 unspecified atom stereocenters. The topological polar surface area (TPSA) is 119 Å². The Morgan fingerprint density at radius 3 is 1.77 bits per heavy atom. The number of rotatable bonds is 15. The second kappa shape index (κ2) is 17.6. The van der Waals surface area contributed by atoms with Crippen molar-refractivity contribution >= 4 is 11.9 Å². The van der Waals surface area contributed by atoms with Gasteiger partial charge in [-0.05, 0) is 80.5 Å². The van der Waals surface area contributed by atoms with Crippen molar-refractivity contribution in [3.05, 3.63) is 164 Å². The Hall–Kier alpha value is -6.42.